The molecular formula is C22H14F3NO2. The maximum Gasteiger partial charge on any atom is 0.424 e. The third kappa shape index (κ3) is 3.24. The Balaban J connectivity index is 2.01. The minimum Gasteiger partial charge on any atom is -0.407 e. The van der Waals surface area contributed by atoms with E-state index in [-0.39, 0.29) is 5.69 Å². The number of rotatable bonds is 3. The average molecular weight is 381 g/mol. The number of alkyl halides is 3. The molecule has 0 aliphatic rings. The Labute approximate surface area is 158 Å². The number of nitrogens with zero attached hydrogens (tertiary/aromatic N) is 1. The maximum absolute atomic E-state index is 13.2. The van der Waals surface area contributed by atoms with Crippen LogP contribution in [0.4, 0.5) is 13.2 Å². The highest BCUT2D eigenvalue weighted by Gasteiger charge is 2.31. The largest absolute Gasteiger partial charge is 0.424 e. The third-order valence-electron chi connectivity index (χ3n) is 4.33. The van der Waals surface area contributed by atoms with Crippen molar-refractivity contribution in [3.8, 4) is 28.3 Å². The zero-order valence-electron chi connectivity index (χ0n) is 14.5. The first-order valence-electron chi connectivity index (χ1n) is 8.49. The molecule has 0 atom stereocenters. The monoisotopic (exact) mass is 381 g/mol. The lowest BCUT2D eigenvalue weighted by Crippen LogP contribution is -2.14. The van der Waals surface area contributed by atoms with Gasteiger partial charge in [0.2, 0.25) is 0 Å². The smallest absolute Gasteiger partial charge is 0.407 e. The SMILES string of the molecule is O=c1oc(-c2ccccc2)c(-c2ccccc2)n1-c1cccc(C(F)(F)F)c1. The van der Waals surface area contributed by atoms with Gasteiger partial charge in [-0.05, 0) is 18.2 Å². The zero-order chi connectivity index (χ0) is 19.7. The van der Waals surface area contributed by atoms with E-state index in [9.17, 15) is 18.0 Å². The predicted octanol–water partition coefficient (Wildman–Crippen LogP) is 5.78. The molecule has 0 radical (unpaired) electrons. The molecule has 3 aromatic carbocycles. The Kier molecular flexibility index (Phi) is 4.39. The summed E-state index contributed by atoms with van der Waals surface area (Å²) < 4.78 is 46.2. The van der Waals surface area contributed by atoms with Crippen molar-refractivity contribution in [2.24, 2.45) is 0 Å². The number of aromatic nitrogens is 1. The lowest BCUT2D eigenvalue weighted by Gasteiger charge is -2.11. The first-order chi connectivity index (χ1) is 13.4. The number of hydrogen-bond acceptors (Lipinski definition) is 2. The molecule has 0 spiro atoms. The predicted molar refractivity (Wildman–Crippen MR) is 100 cm³/mol. The highest BCUT2D eigenvalue weighted by molar-refractivity contribution is 5.78. The standard InChI is InChI=1S/C22H14F3NO2/c23-22(24,25)17-12-7-13-18(14-17)26-19(15-8-3-1-4-9-15)20(28-21(26)27)16-10-5-2-6-11-16/h1-14H. The van der Waals surface area contributed by atoms with Crippen LogP contribution in [0.2, 0.25) is 0 Å². The summed E-state index contributed by atoms with van der Waals surface area (Å²) in [5.74, 6) is -0.453. The van der Waals surface area contributed by atoms with Crippen molar-refractivity contribution < 1.29 is 17.6 Å². The summed E-state index contributed by atoms with van der Waals surface area (Å²) in [6.45, 7) is 0. The van der Waals surface area contributed by atoms with E-state index in [0.717, 1.165) is 12.1 Å². The summed E-state index contributed by atoms with van der Waals surface area (Å²) >= 11 is 0. The lowest BCUT2D eigenvalue weighted by molar-refractivity contribution is -0.137. The molecule has 0 saturated heterocycles. The van der Waals surface area contributed by atoms with E-state index in [1.54, 1.807) is 48.5 Å². The van der Waals surface area contributed by atoms with Gasteiger partial charge in [0, 0.05) is 11.1 Å². The number of halogens is 3. The summed E-state index contributed by atoms with van der Waals surface area (Å²) in [6, 6.07) is 22.6. The van der Waals surface area contributed by atoms with Crippen molar-refractivity contribution in [3.05, 3.63) is 101 Å². The molecule has 4 aromatic rings. The van der Waals surface area contributed by atoms with Crippen molar-refractivity contribution in [3.63, 3.8) is 0 Å². The molecule has 0 aliphatic carbocycles. The molecule has 6 heteroatoms. The van der Waals surface area contributed by atoms with Crippen molar-refractivity contribution in [1.82, 2.24) is 4.57 Å². The van der Waals surface area contributed by atoms with Crippen LogP contribution in [0, 0.1) is 0 Å². The summed E-state index contributed by atoms with van der Waals surface area (Å²) in [5.41, 5.74) is 0.966. The van der Waals surface area contributed by atoms with Gasteiger partial charge in [-0.3, -0.25) is 0 Å². The average Bonchev–Trinajstić information content (AvgIpc) is 3.06. The molecule has 4 rings (SSSR count). The van der Waals surface area contributed by atoms with Crippen molar-refractivity contribution in [1.29, 1.82) is 0 Å². The molecule has 0 saturated carbocycles. The van der Waals surface area contributed by atoms with E-state index in [4.69, 9.17) is 4.42 Å². The van der Waals surface area contributed by atoms with E-state index >= 15 is 0 Å². The molecule has 28 heavy (non-hydrogen) atoms. The fourth-order valence-electron chi connectivity index (χ4n) is 3.07. The Morgan fingerprint density at radius 2 is 1.36 bits per heavy atom. The van der Waals surface area contributed by atoms with Gasteiger partial charge in [0.15, 0.2) is 5.76 Å². The molecule has 0 fully saturated rings. The Morgan fingerprint density at radius 1 is 0.750 bits per heavy atom. The molecule has 0 amide bonds. The fraction of sp³-hybridized carbons (Fsp3) is 0.0455. The van der Waals surface area contributed by atoms with Crippen LogP contribution in [-0.4, -0.2) is 4.57 Å². The summed E-state index contributed by atoms with van der Waals surface area (Å²) in [4.78, 5) is 12.7. The third-order valence-corrected chi connectivity index (χ3v) is 4.33. The Morgan fingerprint density at radius 3 is 1.96 bits per heavy atom. The fourth-order valence-corrected chi connectivity index (χ4v) is 3.07. The van der Waals surface area contributed by atoms with Gasteiger partial charge in [-0.2, -0.15) is 13.2 Å². The van der Waals surface area contributed by atoms with Gasteiger partial charge in [-0.15, -0.1) is 0 Å². The summed E-state index contributed by atoms with van der Waals surface area (Å²) in [6.07, 6.45) is -4.52. The van der Waals surface area contributed by atoms with Gasteiger partial charge < -0.3 is 4.42 Å². The van der Waals surface area contributed by atoms with Crippen LogP contribution >= 0.6 is 0 Å². The molecule has 3 nitrogen and oxygen atoms in total. The van der Waals surface area contributed by atoms with Crippen LogP contribution in [0.25, 0.3) is 28.3 Å². The van der Waals surface area contributed by atoms with Gasteiger partial charge in [0.1, 0.15) is 5.69 Å². The van der Waals surface area contributed by atoms with Crippen molar-refractivity contribution >= 4 is 0 Å². The maximum atomic E-state index is 13.2. The second-order valence-corrected chi connectivity index (χ2v) is 6.16. The highest BCUT2D eigenvalue weighted by Crippen LogP contribution is 2.35. The minimum atomic E-state index is -4.52. The molecule has 140 valence electrons. The zero-order valence-corrected chi connectivity index (χ0v) is 14.5. The Hall–Kier alpha value is -3.54. The minimum absolute atomic E-state index is 0.0876. The molecule has 0 unspecified atom stereocenters. The number of benzene rings is 3. The van der Waals surface area contributed by atoms with Crippen LogP contribution < -0.4 is 5.76 Å². The number of hydrogen-bond donors (Lipinski definition) is 0. The van der Waals surface area contributed by atoms with E-state index in [0.29, 0.717) is 22.6 Å². The topological polar surface area (TPSA) is 35.1 Å². The first kappa shape index (κ1) is 17.9. The quantitative estimate of drug-likeness (QED) is 0.451. The van der Waals surface area contributed by atoms with Crippen LogP contribution in [0.3, 0.4) is 0 Å². The molecule has 0 bridgehead atoms. The van der Waals surface area contributed by atoms with Gasteiger partial charge in [-0.25, -0.2) is 9.36 Å². The lowest BCUT2D eigenvalue weighted by atomic mass is 10.0. The van der Waals surface area contributed by atoms with Gasteiger partial charge in [-0.1, -0.05) is 66.7 Å². The second-order valence-electron chi connectivity index (χ2n) is 6.16. The van der Waals surface area contributed by atoms with E-state index in [1.807, 2.05) is 12.1 Å². The van der Waals surface area contributed by atoms with Crippen molar-refractivity contribution in [2.75, 3.05) is 0 Å². The second kappa shape index (κ2) is 6.88. The van der Waals surface area contributed by atoms with Crippen LogP contribution in [0.15, 0.2) is 94.1 Å². The van der Waals surface area contributed by atoms with Crippen LogP contribution in [0.5, 0.6) is 0 Å². The highest BCUT2D eigenvalue weighted by atomic mass is 19.4. The first-order valence-corrected chi connectivity index (χ1v) is 8.49. The molecule has 0 aliphatic heterocycles. The molecule has 0 N–H and O–H groups in total. The van der Waals surface area contributed by atoms with Gasteiger partial charge in [0.05, 0.1) is 11.3 Å². The van der Waals surface area contributed by atoms with Crippen LogP contribution in [0.1, 0.15) is 5.56 Å². The molecule has 1 heterocycles. The van der Waals surface area contributed by atoms with Crippen LogP contribution in [-0.2, 0) is 6.18 Å². The Bertz CT molecular complexity index is 1160. The van der Waals surface area contributed by atoms with Crippen molar-refractivity contribution in [2.45, 2.75) is 6.18 Å². The van der Waals surface area contributed by atoms with E-state index < -0.39 is 17.5 Å². The van der Waals surface area contributed by atoms with Gasteiger partial charge in [0.25, 0.3) is 0 Å². The molecular weight excluding hydrogens is 367 g/mol. The summed E-state index contributed by atoms with van der Waals surface area (Å²) in [5, 5.41) is 0. The summed E-state index contributed by atoms with van der Waals surface area (Å²) in [7, 11) is 0. The van der Waals surface area contributed by atoms with E-state index in [2.05, 4.69) is 0 Å². The number of oxazole rings is 1. The van der Waals surface area contributed by atoms with Gasteiger partial charge >= 0.3 is 11.9 Å². The van der Waals surface area contributed by atoms with E-state index in [1.165, 1.54) is 16.7 Å². The normalized spacial score (nSPS) is 11.5. The molecule has 1 aromatic heterocycles.